The lowest BCUT2D eigenvalue weighted by atomic mass is 10.0. The van der Waals surface area contributed by atoms with Crippen LogP contribution in [0.4, 0.5) is 0 Å². The molecule has 1 fully saturated rings. The molecule has 1 unspecified atom stereocenters. The van der Waals surface area contributed by atoms with Crippen LogP contribution in [0.5, 0.6) is 0 Å². The summed E-state index contributed by atoms with van der Waals surface area (Å²) < 4.78 is 7.58. The Morgan fingerprint density at radius 2 is 1.97 bits per heavy atom. The third kappa shape index (κ3) is 7.55. The highest BCUT2D eigenvalue weighted by molar-refractivity contribution is 14.0. The van der Waals surface area contributed by atoms with Crippen molar-refractivity contribution in [2.75, 3.05) is 39.9 Å². The largest absolute Gasteiger partial charge is 0.379 e. The van der Waals surface area contributed by atoms with Gasteiger partial charge < -0.3 is 19.9 Å². The Morgan fingerprint density at radius 3 is 2.63 bits per heavy atom. The molecule has 2 heterocycles. The first-order chi connectivity index (χ1) is 14.2. The van der Waals surface area contributed by atoms with Crippen LogP contribution in [0.3, 0.4) is 0 Å². The van der Waals surface area contributed by atoms with Crippen molar-refractivity contribution in [3.63, 3.8) is 0 Å². The van der Waals surface area contributed by atoms with Gasteiger partial charge in [-0.2, -0.15) is 0 Å². The maximum atomic E-state index is 5.50. The molecule has 1 aliphatic rings. The van der Waals surface area contributed by atoms with Crippen LogP contribution in [0.15, 0.2) is 48.0 Å². The van der Waals surface area contributed by atoms with Crippen LogP contribution < -0.4 is 10.6 Å². The highest BCUT2D eigenvalue weighted by Gasteiger charge is 2.23. The zero-order valence-electron chi connectivity index (χ0n) is 18.3. The van der Waals surface area contributed by atoms with Crippen molar-refractivity contribution < 1.29 is 4.74 Å². The first-order valence-electron chi connectivity index (χ1n) is 10.5. The molecule has 0 radical (unpaired) electrons. The number of nitrogens with zero attached hydrogens (tertiary/aromatic N) is 4. The van der Waals surface area contributed by atoms with Gasteiger partial charge in [0, 0.05) is 58.2 Å². The maximum absolute atomic E-state index is 5.50. The van der Waals surface area contributed by atoms with Gasteiger partial charge in [0.1, 0.15) is 0 Å². The van der Waals surface area contributed by atoms with Gasteiger partial charge in [-0.1, -0.05) is 38.1 Å². The van der Waals surface area contributed by atoms with Crippen LogP contribution in [0.25, 0.3) is 0 Å². The summed E-state index contributed by atoms with van der Waals surface area (Å²) in [5, 5.41) is 6.96. The van der Waals surface area contributed by atoms with Gasteiger partial charge in [0.15, 0.2) is 5.96 Å². The summed E-state index contributed by atoms with van der Waals surface area (Å²) in [5.41, 5.74) is 2.50. The number of halogens is 1. The van der Waals surface area contributed by atoms with Crippen molar-refractivity contribution in [2.24, 2.45) is 10.9 Å². The number of ether oxygens (including phenoxy) is 1. The molecule has 0 saturated carbocycles. The summed E-state index contributed by atoms with van der Waals surface area (Å²) >= 11 is 0. The molecule has 1 aromatic carbocycles. The van der Waals surface area contributed by atoms with Crippen molar-refractivity contribution in [3.8, 4) is 0 Å². The van der Waals surface area contributed by atoms with Crippen LogP contribution >= 0.6 is 24.0 Å². The highest BCUT2D eigenvalue weighted by atomic mass is 127. The number of nitrogens with one attached hydrogen (secondary N) is 2. The van der Waals surface area contributed by atoms with Crippen molar-refractivity contribution in [1.29, 1.82) is 0 Å². The van der Waals surface area contributed by atoms with E-state index in [2.05, 4.69) is 68.2 Å². The lowest BCUT2D eigenvalue weighted by molar-refractivity contribution is 0.00752. The van der Waals surface area contributed by atoms with Gasteiger partial charge in [0.2, 0.25) is 0 Å². The fourth-order valence-corrected chi connectivity index (χ4v) is 3.73. The van der Waals surface area contributed by atoms with Gasteiger partial charge in [0.05, 0.1) is 19.5 Å². The van der Waals surface area contributed by atoms with Crippen molar-refractivity contribution in [2.45, 2.75) is 33.0 Å². The van der Waals surface area contributed by atoms with Gasteiger partial charge in [-0.05, 0) is 17.0 Å². The average molecular weight is 526 g/mol. The van der Waals surface area contributed by atoms with E-state index in [1.54, 1.807) is 0 Å². The molecular formula is C22H35IN6O. The minimum Gasteiger partial charge on any atom is -0.379 e. The number of benzene rings is 1. The summed E-state index contributed by atoms with van der Waals surface area (Å²) in [6.45, 7) is 10.7. The molecule has 1 saturated heterocycles. The summed E-state index contributed by atoms with van der Waals surface area (Å²) in [4.78, 5) is 11.0. The van der Waals surface area contributed by atoms with E-state index < -0.39 is 0 Å². The molecule has 1 aliphatic heterocycles. The lowest BCUT2D eigenvalue weighted by Gasteiger charge is -2.37. The molecule has 2 aromatic rings. The number of guanidine groups is 1. The van der Waals surface area contributed by atoms with Gasteiger partial charge in [-0.25, -0.2) is 4.98 Å². The minimum absolute atomic E-state index is 0. The van der Waals surface area contributed by atoms with Gasteiger partial charge >= 0.3 is 0 Å². The number of aliphatic imine (C=N–C) groups is 1. The molecule has 0 amide bonds. The molecule has 30 heavy (non-hydrogen) atoms. The minimum atomic E-state index is 0. The number of aromatic nitrogens is 2. The highest BCUT2D eigenvalue weighted by Crippen LogP contribution is 2.12. The molecular weight excluding hydrogens is 491 g/mol. The van der Waals surface area contributed by atoms with E-state index in [1.165, 1.54) is 11.1 Å². The van der Waals surface area contributed by atoms with E-state index in [0.717, 1.165) is 51.9 Å². The average Bonchev–Trinajstić information content (AvgIpc) is 3.24. The third-order valence-electron chi connectivity index (χ3n) is 5.36. The zero-order valence-corrected chi connectivity index (χ0v) is 20.6. The number of hydrogen-bond donors (Lipinski definition) is 2. The van der Waals surface area contributed by atoms with Gasteiger partial charge in [-0.3, -0.25) is 9.89 Å². The number of morpholine rings is 1. The van der Waals surface area contributed by atoms with Gasteiger partial charge in [0.25, 0.3) is 0 Å². The van der Waals surface area contributed by atoms with Crippen LogP contribution in [-0.4, -0.2) is 66.3 Å². The molecule has 1 aromatic heterocycles. The van der Waals surface area contributed by atoms with Crippen molar-refractivity contribution in [3.05, 3.63) is 54.1 Å². The summed E-state index contributed by atoms with van der Waals surface area (Å²) in [6.07, 6.45) is 5.63. The fraction of sp³-hybridized carbons (Fsp3) is 0.545. The first-order valence-corrected chi connectivity index (χ1v) is 10.5. The van der Waals surface area contributed by atoms with Crippen LogP contribution in [-0.2, 0) is 17.8 Å². The molecule has 2 N–H and O–H groups in total. The monoisotopic (exact) mass is 526 g/mol. The molecule has 0 aliphatic carbocycles. The molecule has 1 atom stereocenters. The Bertz CT molecular complexity index is 759. The van der Waals surface area contributed by atoms with E-state index in [4.69, 9.17) is 4.74 Å². The Balaban J connectivity index is 0.00000320. The van der Waals surface area contributed by atoms with E-state index in [1.807, 2.05) is 25.8 Å². The van der Waals surface area contributed by atoms with Crippen LogP contribution in [0.1, 0.15) is 25.0 Å². The summed E-state index contributed by atoms with van der Waals surface area (Å²) in [6, 6.07) is 9.09. The first kappa shape index (κ1) is 24.6. The molecule has 0 spiro atoms. The fourth-order valence-electron chi connectivity index (χ4n) is 3.73. The summed E-state index contributed by atoms with van der Waals surface area (Å²) in [5.74, 6) is 1.41. The van der Waals surface area contributed by atoms with Crippen molar-refractivity contribution in [1.82, 2.24) is 25.1 Å². The number of rotatable bonds is 8. The quantitative estimate of drug-likeness (QED) is 0.315. The second-order valence-corrected chi connectivity index (χ2v) is 7.82. The molecule has 166 valence electrons. The standard InChI is InChI=1S/C22H34N6O.HI/c1-18(2)21(28-9-11-29-12-10-28)15-26-22(23-3)25-14-19-5-4-6-20(13-19)16-27-8-7-24-17-27;/h4-8,13,17-18,21H,9-12,14-16H2,1-3H3,(H2,23,25,26);1H. The van der Waals surface area contributed by atoms with Crippen molar-refractivity contribution >= 4 is 29.9 Å². The Labute approximate surface area is 197 Å². The Hall–Kier alpha value is -1.65. The topological polar surface area (TPSA) is 66.7 Å². The van der Waals surface area contributed by atoms with E-state index in [-0.39, 0.29) is 24.0 Å². The molecule has 0 bridgehead atoms. The number of hydrogen-bond acceptors (Lipinski definition) is 4. The van der Waals surface area contributed by atoms with E-state index >= 15 is 0 Å². The van der Waals surface area contributed by atoms with Crippen LogP contribution in [0, 0.1) is 5.92 Å². The predicted molar refractivity (Wildman–Crippen MR) is 132 cm³/mol. The summed E-state index contributed by atoms with van der Waals surface area (Å²) in [7, 11) is 1.82. The Kier molecular flexibility index (Phi) is 10.6. The van der Waals surface area contributed by atoms with E-state index in [9.17, 15) is 0 Å². The predicted octanol–water partition coefficient (Wildman–Crippen LogP) is 2.57. The molecule has 8 heteroatoms. The smallest absolute Gasteiger partial charge is 0.191 e. The Morgan fingerprint density at radius 1 is 1.20 bits per heavy atom. The zero-order chi connectivity index (χ0) is 20.5. The van der Waals surface area contributed by atoms with E-state index in [0.29, 0.717) is 12.0 Å². The normalized spacial score (nSPS) is 16.2. The SMILES string of the molecule is CN=C(NCc1cccc(Cn2ccnc2)c1)NCC(C(C)C)N1CCOCC1.I. The van der Waals surface area contributed by atoms with Gasteiger partial charge in [-0.15, -0.1) is 24.0 Å². The second-order valence-electron chi connectivity index (χ2n) is 7.82. The molecule has 3 rings (SSSR count). The van der Waals surface area contributed by atoms with Crippen LogP contribution in [0.2, 0.25) is 0 Å². The number of imidazole rings is 1. The maximum Gasteiger partial charge on any atom is 0.191 e. The third-order valence-corrected chi connectivity index (χ3v) is 5.36. The lowest BCUT2D eigenvalue weighted by Crippen LogP contribution is -2.52. The molecule has 7 nitrogen and oxygen atoms in total. The second kappa shape index (κ2) is 12.9.